The van der Waals surface area contributed by atoms with Crippen molar-refractivity contribution in [2.45, 2.75) is 13.8 Å². The minimum Gasteiger partial charge on any atom is -0.484 e. The van der Waals surface area contributed by atoms with Crippen LogP contribution < -0.4 is 15.7 Å². The zero-order valence-corrected chi connectivity index (χ0v) is 13.5. The first-order valence-electron chi connectivity index (χ1n) is 7.54. The minimum absolute atomic E-state index is 0.129. The Morgan fingerprint density at radius 3 is 2.50 bits per heavy atom. The number of ether oxygens (including phenoxy) is 1. The summed E-state index contributed by atoms with van der Waals surface area (Å²) < 4.78 is 10.6. The molecule has 24 heavy (non-hydrogen) atoms. The van der Waals surface area contributed by atoms with E-state index < -0.39 is 5.63 Å². The normalized spacial score (nSPS) is 10.6. The molecule has 0 aliphatic carbocycles. The number of aryl methyl sites for hydroxylation is 2. The van der Waals surface area contributed by atoms with Crippen molar-refractivity contribution >= 4 is 22.6 Å². The zero-order valence-electron chi connectivity index (χ0n) is 13.5. The number of anilines is 1. The highest BCUT2D eigenvalue weighted by Crippen LogP contribution is 2.19. The van der Waals surface area contributed by atoms with Gasteiger partial charge >= 0.3 is 5.63 Å². The molecule has 0 spiro atoms. The molecule has 1 heterocycles. The Morgan fingerprint density at radius 2 is 1.75 bits per heavy atom. The Bertz CT molecular complexity index is 939. The van der Waals surface area contributed by atoms with E-state index in [-0.39, 0.29) is 12.5 Å². The van der Waals surface area contributed by atoms with E-state index in [0.29, 0.717) is 11.3 Å². The average Bonchev–Trinajstić information content (AvgIpc) is 2.51. The molecule has 1 aromatic heterocycles. The Morgan fingerprint density at radius 1 is 1.04 bits per heavy atom. The van der Waals surface area contributed by atoms with Crippen LogP contribution in [0.3, 0.4) is 0 Å². The summed E-state index contributed by atoms with van der Waals surface area (Å²) in [6.45, 7) is 3.82. The van der Waals surface area contributed by atoms with Crippen LogP contribution in [0.1, 0.15) is 11.1 Å². The predicted octanol–water partition coefficient (Wildman–Crippen LogP) is 3.43. The number of fused-ring (bicyclic) bond motifs is 1. The highest BCUT2D eigenvalue weighted by molar-refractivity contribution is 5.92. The Hall–Kier alpha value is -3.08. The van der Waals surface area contributed by atoms with Crippen molar-refractivity contribution in [3.63, 3.8) is 0 Å². The van der Waals surface area contributed by atoms with Crippen LogP contribution in [0.5, 0.6) is 5.75 Å². The van der Waals surface area contributed by atoms with Crippen molar-refractivity contribution in [1.29, 1.82) is 0 Å². The van der Waals surface area contributed by atoms with Crippen molar-refractivity contribution in [3.05, 3.63) is 70.1 Å². The number of hydrogen-bond donors (Lipinski definition) is 1. The summed E-state index contributed by atoms with van der Waals surface area (Å²) >= 11 is 0. The fourth-order valence-corrected chi connectivity index (χ4v) is 2.52. The molecule has 2 aromatic carbocycles. The molecular formula is C19H17NO4. The van der Waals surface area contributed by atoms with Gasteiger partial charge in [0.25, 0.3) is 5.91 Å². The lowest BCUT2D eigenvalue weighted by atomic mass is 10.1. The van der Waals surface area contributed by atoms with Crippen molar-refractivity contribution < 1.29 is 13.9 Å². The first-order valence-corrected chi connectivity index (χ1v) is 7.54. The third kappa shape index (κ3) is 3.81. The van der Waals surface area contributed by atoms with Crippen molar-refractivity contribution in [2.24, 2.45) is 0 Å². The monoisotopic (exact) mass is 323 g/mol. The standard InChI is InChI=1S/C19H17NO4/c1-12-7-13(2)9-15(8-12)20-18(21)11-23-16-5-3-14-4-6-19(22)24-17(14)10-16/h3-10H,11H2,1-2H3,(H,20,21). The van der Waals surface area contributed by atoms with Gasteiger partial charge < -0.3 is 14.5 Å². The second-order valence-corrected chi connectivity index (χ2v) is 5.67. The number of benzene rings is 2. The van der Waals surface area contributed by atoms with Crippen molar-refractivity contribution in [2.75, 3.05) is 11.9 Å². The molecule has 1 N–H and O–H groups in total. The third-order valence-corrected chi connectivity index (χ3v) is 3.47. The van der Waals surface area contributed by atoms with E-state index in [2.05, 4.69) is 5.32 Å². The summed E-state index contributed by atoms with van der Waals surface area (Å²) in [5.41, 5.74) is 2.90. The first kappa shape index (κ1) is 15.8. The van der Waals surface area contributed by atoms with Crippen LogP contribution in [0.4, 0.5) is 5.69 Å². The van der Waals surface area contributed by atoms with Gasteiger partial charge in [-0.05, 0) is 55.3 Å². The van der Waals surface area contributed by atoms with Gasteiger partial charge in [0.2, 0.25) is 0 Å². The molecule has 0 bridgehead atoms. The largest absolute Gasteiger partial charge is 0.484 e. The van der Waals surface area contributed by atoms with Crippen molar-refractivity contribution in [1.82, 2.24) is 0 Å². The van der Waals surface area contributed by atoms with Crippen LogP contribution in [0, 0.1) is 13.8 Å². The lowest BCUT2D eigenvalue weighted by Gasteiger charge is -2.09. The zero-order chi connectivity index (χ0) is 17.1. The van der Waals surface area contributed by atoms with Gasteiger partial charge in [-0.1, -0.05) is 6.07 Å². The molecule has 0 radical (unpaired) electrons. The second kappa shape index (κ2) is 6.58. The second-order valence-electron chi connectivity index (χ2n) is 5.67. The maximum Gasteiger partial charge on any atom is 0.336 e. The van der Waals surface area contributed by atoms with Gasteiger partial charge in [-0.2, -0.15) is 0 Å². The smallest absolute Gasteiger partial charge is 0.336 e. The summed E-state index contributed by atoms with van der Waals surface area (Å²) in [4.78, 5) is 23.3. The van der Waals surface area contributed by atoms with Gasteiger partial charge in [0, 0.05) is 23.2 Å². The molecule has 0 saturated heterocycles. The Labute approximate surface area is 138 Å². The summed E-state index contributed by atoms with van der Waals surface area (Å²) in [6.07, 6.45) is 0. The topological polar surface area (TPSA) is 68.5 Å². The fraction of sp³-hybridized carbons (Fsp3) is 0.158. The van der Waals surface area contributed by atoms with Crippen molar-refractivity contribution in [3.8, 4) is 5.75 Å². The van der Waals surface area contributed by atoms with Gasteiger partial charge in [0.1, 0.15) is 11.3 Å². The van der Waals surface area contributed by atoms with E-state index >= 15 is 0 Å². The maximum absolute atomic E-state index is 12.0. The summed E-state index contributed by atoms with van der Waals surface area (Å²) in [5.74, 6) is 0.210. The minimum atomic E-state index is -0.424. The molecule has 0 fully saturated rings. The molecule has 0 unspecified atom stereocenters. The van der Waals surface area contributed by atoms with E-state index in [9.17, 15) is 9.59 Å². The van der Waals surface area contributed by atoms with E-state index in [1.54, 1.807) is 24.3 Å². The van der Waals surface area contributed by atoms with Crippen LogP contribution in [-0.2, 0) is 4.79 Å². The first-order chi connectivity index (χ1) is 11.5. The molecule has 0 atom stereocenters. The van der Waals surface area contributed by atoms with Gasteiger partial charge in [-0.3, -0.25) is 4.79 Å². The predicted molar refractivity (Wildman–Crippen MR) is 92.5 cm³/mol. The lowest BCUT2D eigenvalue weighted by molar-refractivity contribution is -0.118. The van der Waals surface area contributed by atoms with Crippen LogP contribution in [0.25, 0.3) is 11.0 Å². The quantitative estimate of drug-likeness (QED) is 0.747. The number of carbonyl (C=O) groups excluding carboxylic acids is 1. The molecule has 5 heteroatoms. The number of amides is 1. The van der Waals surface area contributed by atoms with Gasteiger partial charge in [-0.25, -0.2) is 4.79 Å². The SMILES string of the molecule is Cc1cc(C)cc(NC(=O)COc2ccc3ccc(=O)oc3c2)c1. The summed E-state index contributed by atoms with van der Waals surface area (Å²) in [5, 5.41) is 3.60. The molecule has 0 saturated carbocycles. The summed E-state index contributed by atoms with van der Waals surface area (Å²) in [6, 6.07) is 14.0. The molecule has 0 aliphatic heterocycles. The average molecular weight is 323 g/mol. The van der Waals surface area contributed by atoms with Gasteiger partial charge in [0.15, 0.2) is 6.61 Å². The highest BCUT2D eigenvalue weighted by Gasteiger charge is 2.06. The molecule has 0 aliphatic rings. The van der Waals surface area contributed by atoms with E-state index in [1.807, 2.05) is 32.0 Å². The maximum atomic E-state index is 12.0. The van der Waals surface area contributed by atoms with Crippen LogP contribution in [0.2, 0.25) is 0 Å². The number of nitrogens with one attached hydrogen (secondary N) is 1. The Kier molecular flexibility index (Phi) is 4.33. The van der Waals surface area contributed by atoms with E-state index in [1.165, 1.54) is 6.07 Å². The molecule has 1 amide bonds. The number of carbonyl (C=O) groups is 1. The molecule has 3 rings (SSSR count). The van der Waals surface area contributed by atoms with E-state index in [4.69, 9.17) is 9.15 Å². The number of rotatable bonds is 4. The van der Waals surface area contributed by atoms with Gasteiger partial charge in [0.05, 0.1) is 0 Å². The Balaban J connectivity index is 1.66. The van der Waals surface area contributed by atoms with Crippen LogP contribution in [-0.4, -0.2) is 12.5 Å². The molecule has 3 aromatic rings. The van der Waals surface area contributed by atoms with E-state index in [0.717, 1.165) is 22.2 Å². The summed E-state index contributed by atoms with van der Waals surface area (Å²) in [7, 11) is 0. The molecular weight excluding hydrogens is 306 g/mol. The number of hydrogen-bond acceptors (Lipinski definition) is 4. The highest BCUT2D eigenvalue weighted by atomic mass is 16.5. The third-order valence-electron chi connectivity index (χ3n) is 3.47. The van der Waals surface area contributed by atoms with Crippen LogP contribution >= 0.6 is 0 Å². The molecule has 122 valence electrons. The fourth-order valence-electron chi connectivity index (χ4n) is 2.52. The lowest BCUT2D eigenvalue weighted by Crippen LogP contribution is -2.20. The van der Waals surface area contributed by atoms with Crippen LogP contribution in [0.15, 0.2) is 57.7 Å². The van der Waals surface area contributed by atoms with Gasteiger partial charge in [-0.15, -0.1) is 0 Å². The molecule has 5 nitrogen and oxygen atoms in total.